The van der Waals surface area contributed by atoms with Crippen LogP contribution in [-0.4, -0.2) is 12.5 Å². The second-order valence-corrected chi connectivity index (χ2v) is 0.935. The predicted octanol–water partition coefficient (Wildman–Crippen LogP) is -4.01. The van der Waals surface area contributed by atoms with E-state index in [1.165, 1.54) is 0 Å². The maximum Gasteiger partial charge on any atom is 1.00 e. The molecule has 1 aliphatic heterocycles. The Morgan fingerprint density at radius 1 is 1.67 bits per heavy atom. The maximum atomic E-state index is 9.94. The van der Waals surface area contributed by atoms with Crippen LogP contribution in [0.1, 0.15) is 0 Å². The zero-order chi connectivity index (χ0) is 6.41. The molecule has 0 aliphatic carbocycles. The fourth-order valence-electron chi connectivity index (χ4n) is 0.226. The summed E-state index contributed by atoms with van der Waals surface area (Å²) in [5.74, 6) is -0.130. The molecular formula is C2H3ClN3NaO2. The van der Waals surface area contributed by atoms with Crippen LogP contribution >= 0.6 is 11.9 Å². The molecule has 46 valence electrons. The van der Waals surface area contributed by atoms with Crippen molar-refractivity contribution < 1.29 is 39.0 Å². The van der Waals surface area contributed by atoms with Crippen LogP contribution in [0.5, 0.6) is 0 Å². The summed E-state index contributed by atoms with van der Waals surface area (Å²) in [6.45, 7) is 0.194. The van der Waals surface area contributed by atoms with E-state index < -0.39 is 0 Å². The Labute approximate surface area is 78.9 Å². The molecule has 0 saturated heterocycles. The van der Waals surface area contributed by atoms with E-state index in [4.69, 9.17) is 4.66 Å². The molecule has 0 radical (unpaired) electrons. The molecule has 0 fully saturated rings. The van der Waals surface area contributed by atoms with Gasteiger partial charge >= 0.3 is 29.6 Å². The third-order valence-corrected chi connectivity index (χ3v) is 0.460. The van der Waals surface area contributed by atoms with E-state index in [1.54, 1.807) is 0 Å². The van der Waals surface area contributed by atoms with Crippen LogP contribution in [-0.2, 0) is 4.79 Å². The van der Waals surface area contributed by atoms with Gasteiger partial charge in [0.15, 0.2) is 0 Å². The summed E-state index contributed by atoms with van der Waals surface area (Å²) < 4.78 is 7.72. The smallest absolute Gasteiger partial charge is 0.769 e. The van der Waals surface area contributed by atoms with Gasteiger partial charge in [0, 0.05) is 0 Å². The van der Waals surface area contributed by atoms with Crippen molar-refractivity contribution >= 4 is 17.8 Å². The molecule has 1 N–H and O–H groups in total. The van der Waals surface area contributed by atoms with Crippen molar-refractivity contribution in [2.24, 2.45) is 10.3 Å². The van der Waals surface area contributed by atoms with Gasteiger partial charge in [-0.1, -0.05) is 5.22 Å². The number of nitrogens with one attached hydrogen (secondary N) is 1. The number of rotatable bonds is 0. The fraction of sp³-hybridized carbons (Fsp3) is 0.500. The van der Waals surface area contributed by atoms with Crippen LogP contribution in [0, 0.1) is 0 Å². The number of carbonyl (C=O) groups is 1. The average Bonchev–Trinajstić information content (AvgIpc) is 2.24. The summed E-state index contributed by atoms with van der Waals surface area (Å²) in [6, 6.07) is 0. The van der Waals surface area contributed by atoms with Crippen LogP contribution in [0.15, 0.2) is 10.3 Å². The van der Waals surface area contributed by atoms with Crippen molar-refractivity contribution in [3.05, 3.63) is 0 Å². The Morgan fingerprint density at radius 3 is 2.33 bits per heavy atom. The first-order chi connectivity index (χ1) is 3.89. The number of hydrogen-bond acceptors (Lipinski definition) is 4. The van der Waals surface area contributed by atoms with Crippen LogP contribution in [0.25, 0.3) is 0 Å². The topological polar surface area (TPSA) is 76.9 Å². The first kappa shape index (κ1) is 12.0. The predicted molar refractivity (Wildman–Crippen MR) is 23.7 cm³/mol. The molecular weight excluding hydrogens is 156 g/mol. The number of amides is 1. The molecule has 0 spiro atoms. The molecule has 0 saturated carbocycles. The third-order valence-electron chi connectivity index (χ3n) is 0.460. The van der Waals surface area contributed by atoms with Crippen molar-refractivity contribution in [1.29, 1.82) is 0 Å². The van der Waals surface area contributed by atoms with Crippen LogP contribution in [0.2, 0.25) is 0 Å². The van der Waals surface area contributed by atoms with Crippen LogP contribution < -0.4 is 39.6 Å². The second kappa shape index (κ2) is 8.32. The molecule has 1 heterocycles. The van der Waals surface area contributed by atoms with Crippen molar-refractivity contribution in [1.82, 2.24) is 5.43 Å². The summed E-state index contributed by atoms with van der Waals surface area (Å²) >= 11 is 3.39. The first-order valence-electron chi connectivity index (χ1n) is 1.70. The minimum absolute atomic E-state index is 0. The van der Waals surface area contributed by atoms with E-state index in [1.807, 2.05) is 0 Å². The Bertz CT molecular complexity index is 98.0. The van der Waals surface area contributed by atoms with Gasteiger partial charge in [0.1, 0.15) is 6.54 Å². The number of nitrogens with zero attached hydrogens (tertiary/aromatic N) is 2. The molecule has 5 nitrogen and oxygen atoms in total. The largest absolute Gasteiger partial charge is 1.00 e. The monoisotopic (exact) mass is 159 g/mol. The van der Waals surface area contributed by atoms with Gasteiger partial charge in [0.2, 0.25) is 0 Å². The van der Waals surface area contributed by atoms with Crippen molar-refractivity contribution in [2.45, 2.75) is 0 Å². The van der Waals surface area contributed by atoms with E-state index >= 15 is 0 Å². The molecule has 0 aromatic rings. The van der Waals surface area contributed by atoms with E-state index in [0.717, 1.165) is 0 Å². The van der Waals surface area contributed by atoms with E-state index in [0.29, 0.717) is 0 Å². The SMILES string of the molecule is O=C1CN=NN1.[Na+].[O-]Cl. The fourth-order valence-corrected chi connectivity index (χ4v) is 0.226. The summed E-state index contributed by atoms with van der Waals surface area (Å²) in [4.78, 5) is 9.94. The van der Waals surface area contributed by atoms with Gasteiger partial charge in [-0.15, -0.1) is 0 Å². The van der Waals surface area contributed by atoms with Gasteiger partial charge in [0.05, 0.1) is 0 Å². The number of carbonyl (C=O) groups excluding carboxylic acids is 1. The molecule has 9 heavy (non-hydrogen) atoms. The molecule has 0 aromatic heterocycles. The number of halogens is 1. The van der Waals surface area contributed by atoms with E-state index in [2.05, 4.69) is 27.6 Å². The molecule has 1 aliphatic rings. The summed E-state index contributed by atoms with van der Waals surface area (Å²) in [6.07, 6.45) is 0. The standard InChI is InChI=1S/C2H3N3O.ClO.Na/c6-2-1-3-5-4-2;1-2;/h1H2,(H,3,4,6);;/q;-1;+1. The van der Waals surface area contributed by atoms with Crippen molar-refractivity contribution in [3.8, 4) is 0 Å². The van der Waals surface area contributed by atoms with Crippen molar-refractivity contribution in [2.75, 3.05) is 6.54 Å². The maximum absolute atomic E-state index is 9.94. The average molecular weight is 160 g/mol. The van der Waals surface area contributed by atoms with Crippen molar-refractivity contribution in [3.63, 3.8) is 0 Å². The zero-order valence-corrected chi connectivity index (χ0v) is 7.55. The minimum atomic E-state index is -0.130. The Morgan fingerprint density at radius 2 is 2.22 bits per heavy atom. The van der Waals surface area contributed by atoms with Gasteiger partial charge in [-0.25, -0.2) is 17.3 Å². The van der Waals surface area contributed by atoms with Crippen LogP contribution in [0.4, 0.5) is 0 Å². The Kier molecular flexibility index (Phi) is 11.1. The molecule has 0 bridgehead atoms. The second-order valence-electron chi connectivity index (χ2n) is 0.935. The number of hydrogen-bond donors (Lipinski definition) is 1. The molecule has 1 amide bonds. The minimum Gasteiger partial charge on any atom is -0.769 e. The zero-order valence-electron chi connectivity index (χ0n) is 4.80. The molecule has 1 rings (SSSR count). The Hall–Kier alpha value is 0.320. The third kappa shape index (κ3) is 6.20. The molecule has 0 aromatic carbocycles. The van der Waals surface area contributed by atoms with Gasteiger partial charge in [-0.2, -0.15) is 5.11 Å². The summed E-state index contributed by atoms with van der Waals surface area (Å²) in [5, 5.41) is 6.52. The summed E-state index contributed by atoms with van der Waals surface area (Å²) in [7, 11) is 0. The summed E-state index contributed by atoms with van der Waals surface area (Å²) in [5.41, 5.74) is 2.14. The first-order valence-corrected chi connectivity index (χ1v) is 2.01. The molecule has 0 unspecified atom stereocenters. The van der Waals surface area contributed by atoms with Gasteiger partial charge in [0.25, 0.3) is 5.91 Å². The van der Waals surface area contributed by atoms with E-state index in [-0.39, 0.29) is 42.0 Å². The molecule has 0 atom stereocenters. The normalized spacial score (nSPS) is 12.9. The quantitative estimate of drug-likeness (QED) is 0.366. The molecule has 7 heteroatoms. The van der Waals surface area contributed by atoms with Gasteiger partial charge in [-0.05, 0) is 0 Å². The van der Waals surface area contributed by atoms with Gasteiger partial charge < -0.3 is 4.66 Å². The van der Waals surface area contributed by atoms with E-state index in [9.17, 15) is 4.79 Å². The Balaban J connectivity index is 0. The van der Waals surface area contributed by atoms with Gasteiger partial charge in [-0.3, -0.25) is 4.79 Å². The van der Waals surface area contributed by atoms with Crippen LogP contribution in [0.3, 0.4) is 0 Å².